The van der Waals surface area contributed by atoms with Crippen LogP contribution in [0.4, 0.5) is 0 Å². The number of carbonyl (C=O) groups is 2. The summed E-state index contributed by atoms with van der Waals surface area (Å²) in [5, 5.41) is 0. The van der Waals surface area contributed by atoms with Crippen LogP contribution in [0.1, 0.15) is 29.6 Å². The average Bonchev–Trinajstić information content (AvgIpc) is 2.78. The number of nitrogens with zero attached hydrogens (tertiary/aromatic N) is 1. The van der Waals surface area contributed by atoms with Crippen LogP contribution in [-0.4, -0.2) is 43.1 Å². The Kier molecular flexibility index (Phi) is 3.98. The predicted molar refractivity (Wildman–Crippen MR) is 80.1 cm³/mol. The first-order valence-corrected chi connectivity index (χ1v) is 7.42. The van der Waals surface area contributed by atoms with Gasteiger partial charge in [0.05, 0.1) is 18.2 Å². The highest BCUT2D eigenvalue weighted by molar-refractivity contribution is 5.93. The molecular formula is C17H19NO4. The van der Waals surface area contributed by atoms with Crippen molar-refractivity contribution in [1.29, 1.82) is 0 Å². The topological polar surface area (TPSA) is 55.8 Å². The van der Waals surface area contributed by atoms with Gasteiger partial charge in [0, 0.05) is 18.5 Å². The molecule has 2 bridgehead atoms. The average molecular weight is 301 g/mol. The molecule has 0 spiro atoms. The molecule has 0 aliphatic carbocycles. The standard InChI is InChI=1S/C17H19NO4/c1-18-12-8-9-13(18)15(17(20)21-2)14(10-12)22-16(19)11-6-4-3-5-7-11/h3-7,12-13H,8-10H2,1-2H3/t12?,13-/m1/s1. The lowest BCUT2D eigenvalue weighted by Gasteiger charge is -2.33. The van der Waals surface area contributed by atoms with E-state index in [0.717, 1.165) is 12.8 Å². The molecule has 0 radical (unpaired) electrons. The molecule has 2 aliphatic heterocycles. The molecule has 2 heterocycles. The van der Waals surface area contributed by atoms with Crippen LogP contribution in [0.5, 0.6) is 0 Å². The van der Waals surface area contributed by atoms with Gasteiger partial charge < -0.3 is 9.47 Å². The largest absolute Gasteiger partial charge is 0.466 e. The lowest BCUT2D eigenvalue weighted by atomic mass is 10.00. The number of methoxy groups -OCH3 is 1. The molecule has 1 fully saturated rings. The molecule has 0 aromatic heterocycles. The van der Waals surface area contributed by atoms with Crippen LogP contribution < -0.4 is 0 Å². The molecular weight excluding hydrogens is 282 g/mol. The monoisotopic (exact) mass is 301 g/mol. The van der Waals surface area contributed by atoms with Gasteiger partial charge in [0.1, 0.15) is 5.76 Å². The summed E-state index contributed by atoms with van der Waals surface area (Å²) in [6, 6.07) is 9.09. The van der Waals surface area contributed by atoms with Crippen molar-refractivity contribution >= 4 is 11.9 Å². The van der Waals surface area contributed by atoms with Crippen LogP contribution in [0.15, 0.2) is 41.7 Å². The Morgan fingerprint density at radius 2 is 1.86 bits per heavy atom. The van der Waals surface area contributed by atoms with Crippen LogP contribution in [0.3, 0.4) is 0 Å². The SMILES string of the molecule is COC(=O)C1=C(OC(=O)c2ccccc2)CC2CC[C@H]1N2C. The third kappa shape index (κ3) is 2.52. The van der Waals surface area contributed by atoms with E-state index in [2.05, 4.69) is 4.90 Å². The summed E-state index contributed by atoms with van der Waals surface area (Å²) in [5.74, 6) is -0.375. The predicted octanol–water partition coefficient (Wildman–Crippen LogP) is 2.14. The minimum Gasteiger partial charge on any atom is -0.466 e. The van der Waals surface area contributed by atoms with E-state index < -0.39 is 11.9 Å². The van der Waals surface area contributed by atoms with Crippen molar-refractivity contribution in [2.24, 2.45) is 0 Å². The number of ether oxygens (including phenoxy) is 2. The second-order valence-electron chi connectivity index (χ2n) is 5.70. The second kappa shape index (κ2) is 5.93. The third-order valence-electron chi connectivity index (χ3n) is 4.53. The van der Waals surface area contributed by atoms with E-state index in [1.54, 1.807) is 24.3 Å². The summed E-state index contributed by atoms with van der Waals surface area (Å²) in [6.07, 6.45) is 2.45. The van der Waals surface area contributed by atoms with Crippen molar-refractivity contribution in [2.75, 3.05) is 14.2 Å². The molecule has 5 nitrogen and oxygen atoms in total. The first kappa shape index (κ1) is 14.8. The fourth-order valence-corrected chi connectivity index (χ4v) is 3.32. The van der Waals surface area contributed by atoms with Gasteiger partial charge in [0.25, 0.3) is 0 Å². The van der Waals surface area contributed by atoms with Crippen molar-refractivity contribution in [3.63, 3.8) is 0 Å². The normalized spacial score (nSPS) is 24.3. The van der Waals surface area contributed by atoms with E-state index in [1.165, 1.54) is 7.11 Å². The molecule has 1 aromatic carbocycles. The molecule has 22 heavy (non-hydrogen) atoms. The van der Waals surface area contributed by atoms with Gasteiger partial charge in [-0.25, -0.2) is 9.59 Å². The molecule has 1 aromatic rings. The maximum atomic E-state index is 12.3. The summed E-state index contributed by atoms with van der Waals surface area (Å²) in [4.78, 5) is 26.6. The van der Waals surface area contributed by atoms with Gasteiger partial charge in [-0.3, -0.25) is 4.90 Å². The van der Waals surface area contributed by atoms with E-state index in [4.69, 9.17) is 9.47 Å². The number of likely N-dealkylation sites (N-methyl/N-ethyl adjacent to an activating group) is 1. The number of fused-ring (bicyclic) bond motifs is 2. The lowest BCUT2D eigenvalue weighted by Crippen LogP contribution is -2.41. The fraction of sp³-hybridized carbons (Fsp3) is 0.412. The van der Waals surface area contributed by atoms with Gasteiger partial charge in [-0.05, 0) is 32.0 Å². The highest BCUT2D eigenvalue weighted by Gasteiger charge is 2.43. The van der Waals surface area contributed by atoms with Crippen LogP contribution >= 0.6 is 0 Å². The molecule has 3 rings (SSSR count). The Labute approximate surface area is 129 Å². The summed E-state index contributed by atoms with van der Waals surface area (Å²) in [5.41, 5.74) is 0.966. The van der Waals surface area contributed by atoms with Gasteiger partial charge in [-0.2, -0.15) is 0 Å². The number of esters is 2. The quantitative estimate of drug-likeness (QED) is 0.801. The zero-order valence-corrected chi connectivity index (χ0v) is 12.7. The maximum Gasteiger partial charge on any atom is 0.343 e. The van der Waals surface area contributed by atoms with E-state index >= 15 is 0 Å². The first-order chi connectivity index (χ1) is 10.6. The van der Waals surface area contributed by atoms with Gasteiger partial charge in [0.2, 0.25) is 0 Å². The van der Waals surface area contributed by atoms with Crippen molar-refractivity contribution in [3.8, 4) is 0 Å². The zero-order chi connectivity index (χ0) is 15.7. The Bertz CT molecular complexity index is 623. The molecule has 0 N–H and O–H groups in total. The minimum absolute atomic E-state index is 0.0234. The minimum atomic E-state index is -0.430. The zero-order valence-electron chi connectivity index (χ0n) is 12.7. The van der Waals surface area contributed by atoms with Gasteiger partial charge in [-0.15, -0.1) is 0 Å². The van der Waals surface area contributed by atoms with E-state index in [1.807, 2.05) is 13.1 Å². The number of carbonyl (C=O) groups excluding carboxylic acids is 2. The molecule has 1 saturated heterocycles. The van der Waals surface area contributed by atoms with E-state index in [0.29, 0.717) is 29.4 Å². The van der Waals surface area contributed by atoms with Crippen molar-refractivity contribution in [3.05, 3.63) is 47.2 Å². The molecule has 116 valence electrons. The van der Waals surface area contributed by atoms with Crippen LogP contribution in [-0.2, 0) is 14.3 Å². The van der Waals surface area contributed by atoms with E-state index in [9.17, 15) is 9.59 Å². The molecule has 2 atom stereocenters. The summed E-state index contributed by atoms with van der Waals surface area (Å²) in [7, 11) is 3.36. The Hall–Kier alpha value is -2.14. The molecule has 5 heteroatoms. The van der Waals surface area contributed by atoms with Crippen LogP contribution in [0, 0.1) is 0 Å². The fourth-order valence-electron chi connectivity index (χ4n) is 3.32. The Morgan fingerprint density at radius 1 is 1.14 bits per heavy atom. The highest BCUT2D eigenvalue weighted by Crippen LogP contribution is 2.39. The lowest BCUT2D eigenvalue weighted by molar-refractivity contribution is -0.137. The van der Waals surface area contributed by atoms with Crippen molar-refractivity contribution in [2.45, 2.75) is 31.3 Å². The molecule has 0 saturated carbocycles. The smallest absolute Gasteiger partial charge is 0.343 e. The summed E-state index contributed by atoms with van der Waals surface area (Å²) in [6.45, 7) is 0. The Balaban J connectivity index is 1.90. The number of hydrogen-bond acceptors (Lipinski definition) is 5. The van der Waals surface area contributed by atoms with Gasteiger partial charge in [0.15, 0.2) is 0 Å². The summed E-state index contributed by atoms with van der Waals surface area (Å²) < 4.78 is 10.4. The maximum absolute atomic E-state index is 12.3. The number of rotatable bonds is 3. The van der Waals surface area contributed by atoms with Gasteiger partial charge >= 0.3 is 11.9 Å². The summed E-state index contributed by atoms with van der Waals surface area (Å²) >= 11 is 0. The van der Waals surface area contributed by atoms with E-state index in [-0.39, 0.29) is 6.04 Å². The number of hydrogen-bond donors (Lipinski definition) is 0. The van der Waals surface area contributed by atoms with Crippen LogP contribution in [0.25, 0.3) is 0 Å². The second-order valence-corrected chi connectivity index (χ2v) is 5.70. The third-order valence-corrected chi connectivity index (χ3v) is 4.53. The highest BCUT2D eigenvalue weighted by atomic mass is 16.5. The van der Waals surface area contributed by atoms with Crippen molar-refractivity contribution in [1.82, 2.24) is 4.90 Å². The number of benzene rings is 1. The van der Waals surface area contributed by atoms with Crippen molar-refractivity contribution < 1.29 is 19.1 Å². The molecule has 2 aliphatic rings. The van der Waals surface area contributed by atoms with Crippen LogP contribution in [0.2, 0.25) is 0 Å². The molecule has 0 amide bonds. The Morgan fingerprint density at radius 3 is 2.55 bits per heavy atom. The molecule has 1 unspecified atom stereocenters. The van der Waals surface area contributed by atoms with Gasteiger partial charge in [-0.1, -0.05) is 18.2 Å². The first-order valence-electron chi connectivity index (χ1n) is 7.42.